The average Bonchev–Trinajstić information content (AvgIpc) is 3.23. The van der Waals surface area contributed by atoms with Crippen LogP contribution in [0.15, 0.2) is 60.7 Å². The number of benzene rings is 2. The molecule has 0 bridgehead atoms. The van der Waals surface area contributed by atoms with E-state index in [1.54, 1.807) is 6.08 Å². The minimum Gasteiger partial charge on any atom is -0.382 e. The molecule has 5 rings (SSSR count). The summed E-state index contributed by atoms with van der Waals surface area (Å²) in [5.74, 6) is 1.82. The van der Waals surface area contributed by atoms with Crippen LogP contribution in [-0.4, -0.2) is 27.9 Å². The van der Waals surface area contributed by atoms with Gasteiger partial charge in [0.25, 0.3) is 0 Å². The first kappa shape index (κ1) is 22.2. The number of rotatable bonds is 4. The lowest BCUT2D eigenvalue weighted by Crippen LogP contribution is -2.33. The maximum atomic E-state index is 10.1. The maximum Gasteiger partial charge on any atom is 0.145 e. The topological polar surface area (TPSA) is 108 Å². The average molecular weight is 460 g/mol. The van der Waals surface area contributed by atoms with Crippen LogP contribution in [-0.2, 0) is 0 Å². The second-order valence-corrected chi connectivity index (χ2v) is 8.89. The molecule has 0 radical (unpaired) electrons. The van der Waals surface area contributed by atoms with E-state index in [1.165, 1.54) is 4.68 Å². The Morgan fingerprint density at radius 3 is 2.49 bits per heavy atom. The van der Waals surface area contributed by atoms with Gasteiger partial charge in [0.05, 0.1) is 16.8 Å². The van der Waals surface area contributed by atoms with Gasteiger partial charge >= 0.3 is 0 Å². The molecule has 0 aliphatic carbocycles. The molecule has 0 spiro atoms. The molecule has 2 aromatic carbocycles. The van der Waals surface area contributed by atoms with Gasteiger partial charge in [-0.2, -0.15) is 15.6 Å². The first-order valence-corrected chi connectivity index (χ1v) is 11.7. The summed E-state index contributed by atoms with van der Waals surface area (Å²) in [6.07, 6.45) is 4.05. The smallest absolute Gasteiger partial charge is 0.145 e. The maximum absolute atomic E-state index is 10.1. The van der Waals surface area contributed by atoms with Crippen LogP contribution in [0.1, 0.15) is 36.6 Å². The van der Waals surface area contributed by atoms with E-state index < -0.39 is 0 Å². The number of nitrogens with two attached hydrogens (primary N) is 1. The number of nitrogens with zero attached hydrogens (tertiary/aromatic N) is 6. The van der Waals surface area contributed by atoms with Gasteiger partial charge in [0, 0.05) is 18.5 Å². The lowest BCUT2D eigenvalue weighted by molar-refractivity contribution is 0.437. The number of anilines is 2. The van der Waals surface area contributed by atoms with Crippen LogP contribution in [0.25, 0.3) is 28.2 Å². The Morgan fingerprint density at radius 1 is 1.06 bits per heavy atom. The van der Waals surface area contributed by atoms with Crippen molar-refractivity contribution >= 4 is 34.2 Å². The normalized spacial score (nSPS) is 14.6. The van der Waals surface area contributed by atoms with E-state index in [9.17, 15) is 10.5 Å². The fraction of sp³-hybridized carbons (Fsp3) is 0.214. The third-order valence-corrected chi connectivity index (χ3v) is 6.55. The Hall–Kier alpha value is -4.62. The quantitative estimate of drug-likeness (QED) is 0.422. The Labute approximate surface area is 204 Å². The van der Waals surface area contributed by atoms with Crippen LogP contribution >= 0.6 is 0 Å². The molecule has 0 amide bonds. The third-order valence-electron chi connectivity index (χ3n) is 6.55. The zero-order valence-corrected chi connectivity index (χ0v) is 19.5. The summed E-state index contributed by atoms with van der Waals surface area (Å²) < 4.78 is 1.50. The number of aromatic nitrogens is 3. The highest BCUT2D eigenvalue weighted by atomic mass is 15.3. The van der Waals surface area contributed by atoms with Gasteiger partial charge in [-0.05, 0) is 54.7 Å². The number of hydrogen-bond acceptors (Lipinski definition) is 6. The van der Waals surface area contributed by atoms with Gasteiger partial charge in [0.2, 0.25) is 0 Å². The summed E-state index contributed by atoms with van der Waals surface area (Å²) in [4.78, 5) is 7.21. The molecular formula is C28H25N7. The molecule has 2 aromatic heterocycles. The van der Waals surface area contributed by atoms with Crippen molar-refractivity contribution in [1.82, 2.24) is 14.8 Å². The second kappa shape index (κ2) is 9.32. The summed E-state index contributed by atoms with van der Waals surface area (Å²) in [5.41, 5.74) is 9.46. The highest BCUT2D eigenvalue weighted by Crippen LogP contribution is 2.31. The molecular weight excluding hydrogens is 434 g/mol. The molecule has 172 valence electrons. The molecule has 1 fully saturated rings. The van der Waals surface area contributed by atoms with Crippen molar-refractivity contribution < 1.29 is 0 Å². The standard InChI is InChI=1S/C28H25N7/c1-19-11-13-34(14-12-19)26-16-20(23-9-5-6-10-25(23)32-26)15-21(17-29)27-24(18-30)28(31)35(33-27)22-7-3-2-4-8-22/h2-10,15-16,19H,11-14,31H2,1H3. The predicted octanol–water partition coefficient (Wildman–Crippen LogP) is 5.17. The van der Waals surface area contributed by atoms with Crippen molar-refractivity contribution in [2.45, 2.75) is 19.8 Å². The van der Waals surface area contributed by atoms with Gasteiger partial charge in [-0.1, -0.05) is 43.3 Å². The molecule has 7 nitrogen and oxygen atoms in total. The zero-order chi connectivity index (χ0) is 24.4. The van der Waals surface area contributed by atoms with Crippen LogP contribution in [0.4, 0.5) is 11.6 Å². The van der Waals surface area contributed by atoms with E-state index in [2.05, 4.69) is 29.1 Å². The largest absolute Gasteiger partial charge is 0.382 e. The Bertz CT molecular complexity index is 1490. The van der Waals surface area contributed by atoms with Crippen molar-refractivity contribution in [3.63, 3.8) is 0 Å². The Balaban J connectivity index is 1.64. The number of allylic oxidation sites excluding steroid dienone is 1. The number of nitriles is 2. The van der Waals surface area contributed by atoms with Gasteiger partial charge in [0.15, 0.2) is 0 Å². The molecule has 0 unspecified atom stereocenters. The number of fused-ring (bicyclic) bond motifs is 1. The fourth-order valence-corrected chi connectivity index (χ4v) is 4.51. The van der Waals surface area contributed by atoms with Gasteiger partial charge in [-0.25, -0.2) is 9.67 Å². The predicted molar refractivity (Wildman–Crippen MR) is 139 cm³/mol. The van der Waals surface area contributed by atoms with Crippen molar-refractivity contribution in [2.75, 3.05) is 23.7 Å². The zero-order valence-electron chi connectivity index (χ0n) is 19.5. The Morgan fingerprint density at radius 2 is 1.77 bits per heavy atom. The van der Waals surface area contributed by atoms with Crippen LogP contribution < -0.4 is 10.6 Å². The number of nitrogen functional groups attached to an aromatic ring is 1. The van der Waals surface area contributed by atoms with E-state index in [1.807, 2.05) is 60.7 Å². The lowest BCUT2D eigenvalue weighted by Gasteiger charge is -2.31. The van der Waals surface area contributed by atoms with E-state index in [4.69, 9.17) is 10.7 Å². The molecule has 0 saturated carbocycles. The molecule has 3 heterocycles. The minimum atomic E-state index is 0.185. The fourth-order valence-electron chi connectivity index (χ4n) is 4.51. The molecule has 2 N–H and O–H groups in total. The van der Waals surface area contributed by atoms with Crippen LogP contribution in [0, 0.1) is 28.6 Å². The van der Waals surface area contributed by atoms with E-state index in [0.717, 1.165) is 53.9 Å². The van der Waals surface area contributed by atoms with Crippen molar-refractivity contribution in [3.8, 4) is 17.8 Å². The van der Waals surface area contributed by atoms with Gasteiger partial charge in [-0.15, -0.1) is 0 Å². The molecule has 1 aliphatic heterocycles. The lowest BCUT2D eigenvalue weighted by atomic mass is 9.98. The van der Waals surface area contributed by atoms with Crippen LogP contribution in [0.5, 0.6) is 0 Å². The molecule has 0 atom stereocenters. The minimum absolute atomic E-state index is 0.185. The third kappa shape index (κ3) is 4.20. The summed E-state index contributed by atoms with van der Waals surface area (Å²) in [7, 11) is 0. The van der Waals surface area contributed by atoms with Crippen molar-refractivity contribution in [1.29, 1.82) is 10.5 Å². The molecule has 7 heteroatoms. The van der Waals surface area contributed by atoms with E-state index >= 15 is 0 Å². The van der Waals surface area contributed by atoms with Gasteiger partial charge in [0.1, 0.15) is 35.0 Å². The summed E-state index contributed by atoms with van der Waals surface area (Å²) in [6.45, 7) is 4.19. The first-order valence-electron chi connectivity index (χ1n) is 11.7. The summed E-state index contributed by atoms with van der Waals surface area (Å²) in [5, 5.41) is 25.5. The SMILES string of the molecule is CC1CCN(c2cc(C=C(C#N)c3nn(-c4ccccc4)c(N)c3C#N)c3ccccc3n2)CC1. The van der Waals surface area contributed by atoms with Crippen LogP contribution in [0.2, 0.25) is 0 Å². The number of para-hydroxylation sites is 2. The van der Waals surface area contributed by atoms with Crippen LogP contribution in [0.3, 0.4) is 0 Å². The second-order valence-electron chi connectivity index (χ2n) is 8.89. The summed E-state index contributed by atoms with van der Waals surface area (Å²) >= 11 is 0. The van der Waals surface area contributed by atoms with Crippen molar-refractivity contribution in [3.05, 3.63) is 77.5 Å². The molecule has 1 aliphatic rings. The number of hydrogen-bond donors (Lipinski definition) is 1. The summed E-state index contributed by atoms with van der Waals surface area (Å²) in [6, 6.07) is 23.7. The first-order chi connectivity index (χ1) is 17.1. The molecule has 4 aromatic rings. The number of piperidine rings is 1. The highest BCUT2D eigenvalue weighted by molar-refractivity contribution is 5.98. The monoisotopic (exact) mass is 459 g/mol. The Kier molecular flexibility index (Phi) is 5.91. The highest BCUT2D eigenvalue weighted by Gasteiger charge is 2.21. The molecule has 35 heavy (non-hydrogen) atoms. The van der Waals surface area contributed by atoms with Gasteiger partial charge < -0.3 is 10.6 Å². The number of pyridine rings is 1. The van der Waals surface area contributed by atoms with E-state index in [-0.39, 0.29) is 22.6 Å². The molecule has 1 saturated heterocycles. The van der Waals surface area contributed by atoms with E-state index in [0.29, 0.717) is 5.92 Å². The van der Waals surface area contributed by atoms with Crippen molar-refractivity contribution in [2.24, 2.45) is 5.92 Å². The van der Waals surface area contributed by atoms with Gasteiger partial charge in [-0.3, -0.25) is 0 Å².